The summed E-state index contributed by atoms with van der Waals surface area (Å²) in [4.78, 5) is 26.0. The van der Waals surface area contributed by atoms with Crippen LogP contribution in [0.5, 0.6) is 0 Å². The molecule has 0 aliphatic carbocycles. The average molecular weight is 881 g/mol. The Morgan fingerprint density at radius 3 is 0.718 bits per heavy atom. The van der Waals surface area contributed by atoms with Crippen LogP contribution in [0.1, 0.15) is 51.4 Å². The second-order valence-electron chi connectivity index (χ2n) is 6.45. The van der Waals surface area contributed by atoms with E-state index < -0.39 is 0 Å². The smallest absolute Gasteiger partial charge is 1.00 e. The number of H-pyrrole nitrogens is 2. The average Bonchev–Trinajstić information content (AvgIpc) is 2.77. The van der Waals surface area contributed by atoms with Crippen molar-refractivity contribution in [3.8, 4) is 0 Å². The van der Waals surface area contributed by atoms with Gasteiger partial charge in [-0.3, -0.25) is 9.59 Å². The molecule has 0 aliphatic rings. The molecule has 0 saturated heterocycles. The second-order valence-corrected chi connectivity index (χ2v) is 6.45. The third kappa shape index (κ3) is 72.9. The molecule has 39 heavy (non-hydrogen) atoms. The first-order valence-corrected chi connectivity index (χ1v) is 10.7. The van der Waals surface area contributed by atoms with Crippen molar-refractivity contribution >= 4 is 0 Å². The molecule has 0 amide bonds. The maximum atomic E-state index is 10.2. The van der Waals surface area contributed by atoms with Gasteiger partial charge in [0.2, 0.25) is 0 Å². The van der Waals surface area contributed by atoms with Crippen LogP contribution in [0.3, 0.4) is 0 Å². The third-order valence-corrected chi connectivity index (χ3v) is 3.69. The van der Waals surface area contributed by atoms with Gasteiger partial charge >= 0.3 is 61.3 Å². The van der Waals surface area contributed by atoms with Crippen LogP contribution in [0, 0.1) is 0 Å². The van der Waals surface area contributed by atoms with Gasteiger partial charge in [0, 0.05) is 49.1 Å². The third-order valence-electron chi connectivity index (χ3n) is 3.69. The Balaban J connectivity index is -0.0000000277. The minimum Gasteiger partial charge on any atom is -1.00 e. The second kappa shape index (κ2) is 66.4. The standard InChI is InChI=1S/2C6H16N2.2C5H5NO.2ClH.4H3N.3Pd/c2*7-5-3-1-2-4-6-8;2*7-5-1-3-6-4-2-5;;;;;;;;;/h2*1-8H2;2*1-4H,(H,6,7);2*1H;4*1H3;;;/q;;;;;;;;;;3*+2/p-2. The predicted octanol–water partition coefficient (Wildman–Crippen LogP) is -3.67. The van der Waals surface area contributed by atoms with Gasteiger partial charge in [-0.25, -0.2) is 0 Å². The van der Waals surface area contributed by atoms with Gasteiger partial charge < -0.3 is 82.3 Å². The van der Waals surface area contributed by atoms with E-state index in [-0.39, 0.29) is 122 Å². The Labute approximate surface area is 288 Å². The van der Waals surface area contributed by atoms with Gasteiger partial charge in [0.15, 0.2) is 10.9 Å². The van der Waals surface area contributed by atoms with Crippen molar-refractivity contribution in [2.45, 2.75) is 51.4 Å². The molecule has 2 aromatic rings. The van der Waals surface area contributed by atoms with E-state index in [1.165, 1.54) is 49.9 Å². The first kappa shape index (κ1) is 71.9. The number of hydrogen-bond acceptors (Lipinski definition) is 10. The minimum absolute atomic E-state index is 0. The first-order valence-electron chi connectivity index (χ1n) is 10.7. The molecule has 0 spiro atoms. The van der Waals surface area contributed by atoms with Crippen LogP contribution in [0.15, 0.2) is 58.6 Å². The van der Waals surface area contributed by atoms with E-state index in [0.717, 1.165) is 51.9 Å². The minimum atomic E-state index is 0. The topological polar surface area (TPSA) is 310 Å². The number of aromatic amines is 2. The molecule has 0 saturated carbocycles. The van der Waals surface area contributed by atoms with Crippen LogP contribution in [-0.2, 0) is 61.3 Å². The molecule has 244 valence electrons. The van der Waals surface area contributed by atoms with Gasteiger partial charge in [-0.05, 0) is 51.9 Å². The van der Waals surface area contributed by atoms with E-state index >= 15 is 0 Å². The molecule has 17 heteroatoms. The maximum Gasteiger partial charge on any atom is 2.00 e. The number of aromatic nitrogens is 2. The summed E-state index contributed by atoms with van der Waals surface area (Å²) in [5, 5.41) is 0. The van der Waals surface area contributed by atoms with Crippen molar-refractivity contribution in [1.29, 1.82) is 0 Å². The number of halogens is 2. The normalized spacial score (nSPS) is 7.08. The SMILES string of the molecule is N.N.N.N.NCCCCCCN.NCCCCCCN.O=c1cc[nH]cc1.O=c1cc[nH]cc1.[Cl-].[Cl-].[Pd+2].[Pd+2].[Pd+2]. The van der Waals surface area contributed by atoms with Crippen LogP contribution in [-0.4, -0.2) is 36.1 Å². The van der Waals surface area contributed by atoms with Crippen molar-refractivity contribution in [1.82, 2.24) is 34.6 Å². The van der Waals surface area contributed by atoms with E-state index in [2.05, 4.69) is 9.97 Å². The first-order chi connectivity index (χ1) is 14.6. The molecule has 0 atom stereocenters. The Morgan fingerprint density at radius 2 is 0.615 bits per heavy atom. The van der Waals surface area contributed by atoms with E-state index in [1.807, 2.05) is 0 Å². The van der Waals surface area contributed by atoms with Gasteiger partial charge in [-0.15, -0.1) is 0 Å². The zero-order chi connectivity index (χ0) is 22.7. The number of rotatable bonds is 10. The summed E-state index contributed by atoms with van der Waals surface area (Å²) >= 11 is 0. The molecule has 22 N–H and O–H groups in total. The molecule has 0 unspecified atom stereocenters. The van der Waals surface area contributed by atoms with Gasteiger partial charge in [0.25, 0.3) is 0 Å². The zero-order valence-electron chi connectivity index (χ0n) is 22.8. The summed E-state index contributed by atoms with van der Waals surface area (Å²) < 4.78 is 0. The van der Waals surface area contributed by atoms with E-state index in [1.54, 1.807) is 24.8 Å². The quantitative estimate of drug-likeness (QED) is 0.0824. The summed E-state index contributed by atoms with van der Waals surface area (Å²) in [7, 11) is 0. The Bertz CT molecular complexity index is 590. The molecule has 0 bridgehead atoms. The van der Waals surface area contributed by atoms with Crippen molar-refractivity contribution in [3.63, 3.8) is 0 Å². The molecular weight excluding hydrogens is 826 g/mol. The molecule has 0 radical (unpaired) electrons. The fourth-order valence-electron chi connectivity index (χ4n) is 2.03. The predicted molar refractivity (Wildman–Crippen MR) is 147 cm³/mol. The number of hydrogen-bond donors (Lipinski definition) is 10. The van der Waals surface area contributed by atoms with Crippen LogP contribution in [0.2, 0.25) is 0 Å². The molecule has 0 aromatic carbocycles. The number of nitrogens with one attached hydrogen (secondary N) is 2. The Morgan fingerprint density at radius 1 is 0.436 bits per heavy atom. The zero-order valence-corrected chi connectivity index (χ0v) is 28.9. The van der Waals surface area contributed by atoms with Gasteiger partial charge in [-0.2, -0.15) is 0 Å². The summed E-state index contributed by atoms with van der Waals surface area (Å²) in [5.74, 6) is 0. The fourth-order valence-corrected chi connectivity index (χ4v) is 2.03. The van der Waals surface area contributed by atoms with Crippen LogP contribution < -0.4 is 83.2 Å². The van der Waals surface area contributed by atoms with Crippen molar-refractivity contribution in [2.24, 2.45) is 22.9 Å². The van der Waals surface area contributed by atoms with Crippen molar-refractivity contribution in [2.75, 3.05) is 26.2 Å². The summed E-state index contributed by atoms with van der Waals surface area (Å²) in [6.45, 7) is 3.30. The summed E-state index contributed by atoms with van der Waals surface area (Å²) in [6.07, 6.45) is 16.0. The van der Waals surface area contributed by atoms with Crippen molar-refractivity contribution < 1.29 is 86.1 Å². The maximum absolute atomic E-state index is 10.2. The molecule has 2 aromatic heterocycles. The van der Waals surface area contributed by atoms with E-state index in [9.17, 15) is 9.59 Å². The number of pyridine rings is 2. The Hall–Kier alpha value is 0.147. The van der Waals surface area contributed by atoms with Gasteiger partial charge in [0.05, 0.1) is 0 Å². The molecule has 0 fully saturated rings. The largest absolute Gasteiger partial charge is 2.00 e. The molecule has 12 nitrogen and oxygen atoms in total. The molecule has 0 aliphatic heterocycles. The van der Waals surface area contributed by atoms with Gasteiger partial charge in [0.1, 0.15) is 0 Å². The van der Waals surface area contributed by atoms with Gasteiger partial charge in [-0.1, -0.05) is 25.7 Å². The van der Waals surface area contributed by atoms with Crippen molar-refractivity contribution in [3.05, 3.63) is 69.5 Å². The fraction of sp³-hybridized carbons (Fsp3) is 0.545. The van der Waals surface area contributed by atoms with Crippen LogP contribution in [0.4, 0.5) is 0 Å². The number of nitrogens with two attached hydrogens (primary N) is 4. The summed E-state index contributed by atoms with van der Waals surface area (Å²) in [6, 6.07) is 5.89. The van der Waals surface area contributed by atoms with Crippen LogP contribution in [0.25, 0.3) is 0 Å². The Kier molecular flexibility index (Phi) is 122. The molecular formula is C22H54Cl2N10O2Pd3+4. The molecule has 2 heterocycles. The van der Waals surface area contributed by atoms with Crippen LogP contribution >= 0.6 is 0 Å². The monoisotopic (exact) mass is 878 g/mol. The van der Waals surface area contributed by atoms with E-state index in [4.69, 9.17) is 22.9 Å². The summed E-state index contributed by atoms with van der Waals surface area (Å²) in [5.41, 5.74) is 21.2. The molecule has 2 rings (SSSR count). The van der Waals surface area contributed by atoms with E-state index in [0.29, 0.717) is 0 Å². The number of unbranched alkanes of at least 4 members (excludes halogenated alkanes) is 6.